The minimum Gasteiger partial charge on any atom is -0.481 e. The summed E-state index contributed by atoms with van der Waals surface area (Å²) in [7, 11) is 0. The van der Waals surface area contributed by atoms with Crippen molar-refractivity contribution in [2.75, 3.05) is 33.0 Å². The number of carboxylic acid groups (broad SMARTS) is 1. The lowest BCUT2D eigenvalue weighted by Gasteiger charge is -2.71. The van der Waals surface area contributed by atoms with Crippen molar-refractivity contribution in [1.29, 1.82) is 0 Å². The number of ether oxygens (including phenoxy) is 10. The molecule has 0 spiro atoms. The molecule has 18 N–H and O–H groups in total. The lowest BCUT2D eigenvalue weighted by atomic mass is 9.33. The number of aliphatic carboxylic acids is 1. The predicted molar refractivity (Wildman–Crippen MR) is 297 cm³/mol. The van der Waals surface area contributed by atoms with Crippen molar-refractivity contribution in [3.63, 3.8) is 0 Å². The molecule has 512 valence electrons. The van der Waals surface area contributed by atoms with Crippen molar-refractivity contribution in [3.05, 3.63) is 11.6 Å². The average molecular weight is 1280 g/mol. The fourth-order valence-electron chi connectivity index (χ4n) is 18.0. The molecule has 5 aliphatic heterocycles. The van der Waals surface area contributed by atoms with Crippen molar-refractivity contribution in [2.45, 2.75) is 272 Å². The summed E-state index contributed by atoms with van der Waals surface area (Å²) in [6, 6.07) is 0. The first-order chi connectivity index (χ1) is 41.7. The Bertz CT molecular complexity index is 2470. The molecule has 89 heavy (non-hydrogen) atoms. The zero-order valence-corrected chi connectivity index (χ0v) is 51.3. The molecule has 0 bridgehead atoms. The van der Waals surface area contributed by atoms with Crippen LogP contribution in [0.2, 0.25) is 0 Å². The maximum atomic E-state index is 13.3. The Balaban J connectivity index is 0.817. The van der Waals surface area contributed by atoms with E-state index in [2.05, 4.69) is 40.7 Å². The van der Waals surface area contributed by atoms with Gasteiger partial charge in [0.2, 0.25) is 0 Å². The van der Waals surface area contributed by atoms with E-state index < -0.39 is 221 Å². The van der Waals surface area contributed by atoms with Gasteiger partial charge in [0.05, 0.1) is 50.7 Å². The normalized spacial score (nSPS) is 54.0. The number of aliphatic hydroxyl groups is 17. The zero-order chi connectivity index (χ0) is 65.2. The van der Waals surface area contributed by atoms with Gasteiger partial charge >= 0.3 is 5.97 Å². The topological polar surface area (TPSA) is 474 Å². The molecule has 34 atom stereocenters. The molecule has 10 rings (SSSR count). The number of rotatable bonds is 16. The van der Waals surface area contributed by atoms with E-state index in [-0.39, 0.29) is 40.4 Å². The Hall–Kier alpha value is -1.87. The number of hydrogen-bond acceptors (Lipinski definition) is 28. The highest BCUT2D eigenvalue weighted by molar-refractivity contribution is 5.77. The molecule has 0 aromatic carbocycles. The lowest BCUT2D eigenvalue weighted by Crippen LogP contribution is -2.68. The maximum Gasteiger partial charge on any atom is 0.310 e. The van der Waals surface area contributed by atoms with Gasteiger partial charge in [-0.3, -0.25) is 4.79 Å². The van der Waals surface area contributed by atoms with Crippen molar-refractivity contribution < 1.29 is 144 Å². The second-order valence-electron chi connectivity index (χ2n) is 29.2. The number of carboxylic acids is 1. The van der Waals surface area contributed by atoms with E-state index in [1.165, 1.54) is 5.57 Å². The molecule has 29 heteroatoms. The second-order valence-corrected chi connectivity index (χ2v) is 29.2. The molecule has 0 aromatic heterocycles. The fraction of sp³-hybridized carbons (Fsp3) is 0.950. The highest BCUT2D eigenvalue weighted by atomic mass is 16.8. The molecule has 4 saturated carbocycles. The van der Waals surface area contributed by atoms with Crippen LogP contribution >= 0.6 is 0 Å². The van der Waals surface area contributed by atoms with E-state index in [1.807, 2.05) is 13.8 Å². The molecule has 10 aliphatic rings. The van der Waals surface area contributed by atoms with Gasteiger partial charge < -0.3 is 139 Å². The SMILES string of the molecule is CC1(C)CC2C3=CCC4C5(C)CCC(OC6OC(CO)C(O)C(OC7OC(CO)C(O)C(OC8OC(CO)C(O)C(OC9OC(COC%10OC(CO)C(O)C(O)C%10O)C(O)C(O)C9O)C8O)C7O)C6O)C(C)(C)C5CCC4(C)C3(C)CCC2(C(=O)O)CC1O. The van der Waals surface area contributed by atoms with Crippen LogP contribution < -0.4 is 0 Å². The summed E-state index contributed by atoms with van der Waals surface area (Å²) in [6.07, 6.45) is -39.7. The van der Waals surface area contributed by atoms with Crippen LogP contribution in [-0.4, -0.2) is 297 Å². The molecular weight excluding hydrogens is 1180 g/mol. The van der Waals surface area contributed by atoms with Gasteiger partial charge in [0.1, 0.15) is 122 Å². The van der Waals surface area contributed by atoms with Crippen molar-refractivity contribution in [3.8, 4) is 0 Å². The van der Waals surface area contributed by atoms with Crippen LogP contribution in [0.15, 0.2) is 11.6 Å². The summed E-state index contributed by atoms with van der Waals surface area (Å²) < 4.78 is 58.7. The summed E-state index contributed by atoms with van der Waals surface area (Å²) in [5, 5.41) is 197. The Morgan fingerprint density at radius 3 is 1.42 bits per heavy atom. The summed E-state index contributed by atoms with van der Waals surface area (Å²) >= 11 is 0. The quantitative estimate of drug-likeness (QED) is 0.0510. The molecule has 9 fully saturated rings. The summed E-state index contributed by atoms with van der Waals surface area (Å²) in [4.78, 5) is 13.3. The van der Waals surface area contributed by atoms with Gasteiger partial charge in [-0.15, -0.1) is 0 Å². The minimum atomic E-state index is -2.19. The highest BCUT2D eigenvalue weighted by Crippen LogP contribution is 2.76. The predicted octanol–water partition coefficient (Wildman–Crippen LogP) is -4.67. The van der Waals surface area contributed by atoms with Crippen molar-refractivity contribution in [1.82, 2.24) is 0 Å². The first-order valence-corrected chi connectivity index (χ1v) is 31.4. The smallest absolute Gasteiger partial charge is 0.310 e. The van der Waals surface area contributed by atoms with E-state index >= 15 is 0 Å². The molecule has 0 aromatic rings. The van der Waals surface area contributed by atoms with Gasteiger partial charge in [-0.05, 0) is 103 Å². The van der Waals surface area contributed by atoms with Gasteiger partial charge in [0, 0.05) is 0 Å². The Kier molecular flexibility index (Phi) is 20.4. The minimum absolute atomic E-state index is 0.0826. The van der Waals surface area contributed by atoms with Crippen LogP contribution in [0.4, 0.5) is 0 Å². The summed E-state index contributed by atoms with van der Waals surface area (Å²) in [5.41, 5.74) is -1.56. The average Bonchev–Trinajstić information content (AvgIpc) is 0.682. The molecule has 29 nitrogen and oxygen atoms in total. The van der Waals surface area contributed by atoms with E-state index in [4.69, 9.17) is 47.4 Å². The van der Waals surface area contributed by atoms with Gasteiger partial charge in [-0.2, -0.15) is 0 Å². The molecular formula is C60H98O29. The van der Waals surface area contributed by atoms with Gasteiger partial charge in [0.15, 0.2) is 31.5 Å². The lowest BCUT2D eigenvalue weighted by molar-refractivity contribution is -0.393. The van der Waals surface area contributed by atoms with E-state index in [0.29, 0.717) is 25.7 Å². The molecule has 0 radical (unpaired) electrons. The Morgan fingerprint density at radius 2 is 0.921 bits per heavy atom. The first-order valence-electron chi connectivity index (χ1n) is 31.4. The Labute approximate surface area is 515 Å². The van der Waals surface area contributed by atoms with Crippen LogP contribution in [0.1, 0.15) is 106 Å². The molecule has 5 aliphatic carbocycles. The Morgan fingerprint density at radius 1 is 0.483 bits per heavy atom. The van der Waals surface area contributed by atoms with E-state index in [0.717, 1.165) is 25.7 Å². The second kappa shape index (κ2) is 25.9. The van der Waals surface area contributed by atoms with Crippen LogP contribution in [0, 0.1) is 50.2 Å². The summed E-state index contributed by atoms with van der Waals surface area (Å²) in [6.45, 7) is 11.1. The number of fused-ring (bicyclic) bond motifs is 7. The third kappa shape index (κ3) is 11.7. The third-order valence-corrected chi connectivity index (χ3v) is 23.8. The zero-order valence-electron chi connectivity index (χ0n) is 51.3. The monoisotopic (exact) mass is 1280 g/mol. The van der Waals surface area contributed by atoms with Crippen LogP contribution in [0.5, 0.6) is 0 Å². The first kappa shape index (κ1) is 69.9. The molecule has 0 amide bonds. The van der Waals surface area contributed by atoms with E-state index in [9.17, 15) is 96.7 Å². The van der Waals surface area contributed by atoms with Crippen LogP contribution in [0.3, 0.4) is 0 Å². The van der Waals surface area contributed by atoms with Gasteiger partial charge in [0.25, 0.3) is 0 Å². The third-order valence-electron chi connectivity index (χ3n) is 23.8. The van der Waals surface area contributed by atoms with Crippen LogP contribution in [-0.2, 0) is 52.2 Å². The standard InChI is InChI=1S/C60H98O29/c1-55(2)16-24-23-8-9-31-57(5)12-11-33(56(3,4)30(57)10-13-59(31,7)58(23,6)14-15-60(24,54(78)79)17-32(55)65)86-51-43(75)46(36(68)26(19-62)82-51)88-53-45(77)48(38(70)28(21-64)84-53)89-52-44(76)47(37(69)27(20-63)83-52)87-50-42(74)40(72)35(67)29(85-50)22-80-49-41(73)39(71)34(66)25(18-61)81-49/h8,24-53,61-77H,9-22H2,1-7H3,(H,78,79). The summed E-state index contributed by atoms with van der Waals surface area (Å²) in [5.74, 6) is -0.758. The van der Waals surface area contributed by atoms with Gasteiger partial charge in [-0.25, -0.2) is 0 Å². The molecule has 34 unspecified atom stereocenters. The largest absolute Gasteiger partial charge is 0.481 e. The number of hydrogen-bond donors (Lipinski definition) is 18. The van der Waals surface area contributed by atoms with E-state index in [1.54, 1.807) is 0 Å². The fourth-order valence-corrected chi connectivity index (χ4v) is 18.0. The number of aliphatic hydroxyl groups excluding tert-OH is 17. The van der Waals surface area contributed by atoms with Crippen molar-refractivity contribution in [2.24, 2.45) is 50.2 Å². The van der Waals surface area contributed by atoms with Crippen LogP contribution in [0.25, 0.3) is 0 Å². The number of carbonyl (C=O) groups is 1. The molecule has 5 heterocycles. The molecule has 5 saturated heterocycles. The highest BCUT2D eigenvalue weighted by Gasteiger charge is 2.71. The number of allylic oxidation sites excluding steroid dienone is 2. The maximum absolute atomic E-state index is 13.3. The van der Waals surface area contributed by atoms with Gasteiger partial charge in [-0.1, -0.05) is 60.1 Å². The van der Waals surface area contributed by atoms with Crippen molar-refractivity contribution >= 4 is 5.97 Å².